The molecule has 2 heterocycles. The first-order valence-corrected chi connectivity index (χ1v) is 10.1. The number of hydrogen-bond donors (Lipinski definition) is 1. The average Bonchev–Trinajstić information content (AvgIpc) is 3.40. The summed E-state index contributed by atoms with van der Waals surface area (Å²) < 4.78 is 16.2. The Hall–Kier alpha value is -4.05. The lowest BCUT2D eigenvalue weighted by Crippen LogP contribution is -2.19. The lowest BCUT2D eigenvalue weighted by Gasteiger charge is -2.05. The summed E-state index contributed by atoms with van der Waals surface area (Å²) in [5, 5.41) is 14.2. The van der Waals surface area contributed by atoms with E-state index < -0.39 is 4.92 Å². The quantitative estimate of drug-likeness (QED) is 0.326. The third kappa shape index (κ3) is 4.49. The molecule has 3 aromatic rings. The van der Waals surface area contributed by atoms with E-state index in [4.69, 9.17) is 13.9 Å². The number of non-ortho nitro benzene ring substituents is 1. The second-order valence-electron chi connectivity index (χ2n) is 6.52. The van der Waals surface area contributed by atoms with Gasteiger partial charge in [-0.2, -0.15) is 0 Å². The summed E-state index contributed by atoms with van der Waals surface area (Å²) in [6, 6.07) is 14.8. The highest BCUT2D eigenvalue weighted by molar-refractivity contribution is 8.18. The molecule has 1 aromatic heterocycles. The van der Waals surface area contributed by atoms with Crippen LogP contribution in [0.5, 0.6) is 11.5 Å². The van der Waals surface area contributed by atoms with Gasteiger partial charge in [-0.25, -0.2) is 4.99 Å². The third-order valence-corrected chi connectivity index (χ3v) is 5.43. The highest BCUT2D eigenvalue weighted by Gasteiger charge is 2.24. The Bertz CT molecular complexity index is 1250. The van der Waals surface area contributed by atoms with E-state index in [0.29, 0.717) is 38.6 Å². The van der Waals surface area contributed by atoms with Gasteiger partial charge < -0.3 is 19.2 Å². The fourth-order valence-electron chi connectivity index (χ4n) is 2.96. The topological polar surface area (TPSA) is 116 Å². The molecule has 1 saturated heterocycles. The minimum atomic E-state index is -0.495. The van der Waals surface area contributed by atoms with Crippen LogP contribution in [0.1, 0.15) is 5.76 Å². The van der Waals surface area contributed by atoms with Crippen LogP contribution in [0.3, 0.4) is 0 Å². The maximum atomic E-state index is 12.3. The van der Waals surface area contributed by atoms with Crippen molar-refractivity contribution in [2.75, 3.05) is 14.2 Å². The summed E-state index contributed by atoms with van der Waals surface area (Å²) in [5.74, 6) is 1.65. The summed E-state index contributed by atoms with van der Waals surface area (Å²) in [5.41, 5.74) is 1.16. The molecule has 1 fully saturated rings. The molecule has 2 aromatic carbocycles. The van der Waals surface area contributed by atoms with Gasteiger partial charge in [0.25, 0.3) is 11.6 Å². The number of nitro groups is 1. The number of hydrogen-bond acceptors (Lipinski definition) is 8. The van der Waals surface area contributed by atoms with Crippen molar-refractivity contribution in [3.8, 4) is 22.8 Å². The Morgan fingerprint density at radius 1 is 1.09 bits per heavy atom. The van der Waals surface area contributed by atoms with Gasteiger partial charge in [0.2, 0.25) is 0 Å². The Balaban J connectivity index is 1.55. The number of carbonyl (C=O) groups is 1. The molecule has 0 bridgehead atoms. The molecule has 0 unspecified atom stereocenters. The smallest absolute Gasteiger partial charge is 0.273 e. The molecule has 9 nitrogen and oxygen atoms in total. The van der Waals surface area contributed by atoms with E-state index >= 15 is 0 Å². The number of furan rings is 1. The Morgan fingerprint density at radius 3 is 2.56 bits per heavy atom. The van der Waals surface area contributed by atoms with E-state index in [1.807, 2.05) is 0 Å². The van der Waals surface area contributed by atoms with Crippen molar-refractivity contribution in [3.63, 3.8) is 0 Å². The summed E-state index contributed by atoms with van der Waals surface area (Å²) in [6.07, 6.45) is 1.61. The normalized spacial score (nSPS) is 15.8. The molecule has 1 aliphatic heterocycles. The van der Waals surface area contributed by atoms with Gasteiger partial charge in [0, 0.05) is 12.1 Å². The molecule has 0 radical (unpaired) electrons. The zero-order valence-electron chi connectivity index (χ0n) is 17.0. The molecule has 0 spiro atoms. The van der Waals surface area contributed by atoms with Crippen LogP contribution in [0.4, 0.5) is 11.4 Å². The van der Waals surface area contributed by atoms with Crippen molar-refractivity contribution in [2.24, 2.45) is 4.99 Å². The van der Waals surface area contributed by atoms with E-state index in [1.54, 1.807) is 55.7 Å². The van der Waals surface area contributed by atoms with Crippen molar-refractivity contribution < 1.29 is 23.6 Å². The van der Waals surface area contributed by atoms with E-state index in [2.05, 4.69) is 10.3 Å². The Kier molecular flexibility index (Phi) is 5.95. The van der Waals surface area contributed by atoms with Gasteiger partial charge in [-0.15, -0.1) is 0 Å². The van der Waals surface area contributed by atoms with E-state index in [1.165, 1.54) is 31.0 Å². The number of aliphatic imine (C=N–C) groups is 1. The Labute approximate surface area is 186 Å². The zero-order valence-corrected chi connectivity index (χ0v) is 17.8. The molecular formula is C22H17N3O6S. The maximum Gasteiger partial charge on any atom is 0.273 e. The standard InChI is InChI=1S/C22H17N3O6S/c1-29-15-6-3-13(4-7-15)23-22-24-21(26)20(32-22)12-16-8-10-18(31-16)17-9-5-14(25(27)28)11-19(17)30-2/h3-12H,1-2H3,(H,23,24,26)/b20-12+. The number of rotatable bonds is 6. The number of carbonyl (C=O) groups excluding carboxylic acids is 1. The van der Waals surface area contributed by atoms with Gasteiger partial charge in [0.15, 0.2) is 5.17 Å². The molecule has 0 saturated carbocycles. The first-order chi connectivity index (χ1) is 15.5. The highest BCUT2D eigenvalue weighted by Crippen LogP contribution is 2.35. The van der Waals surface area contributed by atoms with Crippen LogP contribution in [0.25, 0.3) is 17.4 Å². The van der Waals surface area contributed by atoms with Crippen molar-refractivity contribution in [1.29, 1.82) is 0 Å². The molecule has 1 N–H and O–H groups in total. The maximum absolute atomic E-state index is 12.3. The van der Waals surface area contributed by atoms with Gasteiger partial charge in [-0.3, -0.25) is 14.9 Å². The molecule has 0 atom stereocenters. The van der Waals surface area contributed by atoms with Crippen LogP contribution in [0.15, 0.2) is 68.9 Å². The van der Waals surface area contributed by atoms with E-state index in [0.717, 1.165) is 5.75 Å². The summed E-state index contributed by atoms with van der Waals surface area (Å²) >= 11 is 1.20. The number of amidine groups is 1. The van der Waals surface area contributed by atoms with Gasteiger partial charge in [-0.1, -0.05) is 0 Å². The molecule has 32 heavy (non-hydrogen) atoms. The third-order valence-electron chi connectivity index (χ3n) is 4.52. The van der Waals surface area contributed by atoms with Crippen LogP contribution in [-0.2, 0) is 4.79 Å². The molecular weight excluding hydrogens is 434 g/mol. The van der Waals surface area contributed by atoms with Crippen molar-refractivity contribution in [3.05, 3.63) is 75.4 Å². The predicted molar refractivity (Wildman–Crippen MR) is 121 cm³/mol. The fraction of sp³-hybridized carbons (Fsp3) is 0.0909. The highest BCUT2D eigenvalue weighted by atomic mass is 32.2. The lowest BCUT2D eigenvalue weighted by atomic mass is 10.1. The van der Waals surface area contributed by atoms with E-state index in [9.17, 15) is 14.9 Å². The monoisotopic (exact) mass is 451 g/mol. The first kappa shape index (κ1) is 21.2. The van der Waals surface area contributed by atoms with Crippen molar-refractivity contribution in [2.45, 2.75) is 0 Å². The minimum Gasteiger partial charge on any atom is -0.497 e. The minimum absolute atomic E-state index is 0.0813. The summed E-state index contributed by atoms with van der Waals surface area (Å²) in [7, 11) is 3.01. The van der Waals surface area contributed by atoms with Gasteiger partial charge in [0.1, 0.15) is 23.0 Å². The number of ether oxygens (including phenoxy) is 2. The summed E-state index contributed by atoms with van der Waals surface area (Å²) in [4.78, 5) is 27.7. The number of nitrogens with zero attached hydrogens (tertiary/aromatic N) is 2. The second kappa shape index (κ2) is 8.98. The fourth-order valence-corrected chi connectivity index (χ4v) is 3.78. The lowest BCUT2D eigenvalue weighted by molar-refractivity contribution is -0.384. The Morgan fingerprint density at radius 2 is 1.88 bits per heavy atom. The van der Waals surface area contributed by atoms with Crippen LogP contribution >= 0.6 is 11.8 Å². The number of methoxy groups -OCH3 is 2. The number of thioether (sulfide) groups is 1. The predicted octanol–water partition coefficient (Wildman–Crippen LogP) is 4.76. The second-order valence-corrected chi connectivity index (χ2v) is 7.55. The molecule has 1 aliphatic rings. The van der Waals surface area contributed by atoms with E-state index in [-0.39, 0.29) is 11.6 Å². The molecule has 162 valence electrons. The van der Waals surface area contributed by atoms with Crippen LogP contribution in [-0.4, -0.2) is 30.2 Å². The summed E-state index contributed by atoms with van der Waals surface area (Å²) in [6.45, 7) is 0. The van der Waals surface area contributed by atoms with Crippen LogP contribution in [0, 0.1) is 10.1 Å². The van der Waals surface area contributed by atoms with Crippen LogP contribution in [0.2, 0.25) is 0 Å². The molecule has 0 aliphatic carbocycles. The van der Waals surface area contributed by atoms with Crippen molar-refractivity contribution in [1.82, 2.24) is 5.32 Å². The van der Waals surface area contributed by atoms with Crippen molar-refractivity contribution >= 4 is 40.3 Å². The SMILES string of the molecule is COc1ccc(N=C2NC(=O)/C(=C\c3ccc(-c4ccc([N+](=O)[O-])cc4OC)o3)S2)cc1. The largest absolute Gasteiger partial charge is 0.497 e. The molecule has 10 heteroatoms. The number of benzene rings is 2. The average molecular weight is 451 g/mol. The molecule has 1 amide bonds. The number of nitrogens with one attached hydrogen (secondary N) is 1. The number of nitro benzene ring substituents is 1. The van der Waals surface area contributed by atoms with Crippen LogP contribution < -0.4 is 14.8 Å². The molecule has 4 rings (SSSR count). The van der Waals surface area contributed by atoms with Gasteiger partial charge in [0.05, 0.1) is 41.4 Å². The number of amides is 1. The van der Waals surface area contributed by atoms with Gasteiger partial charge >= 0.3 is 0 Å². The van der Waals surface area contributed by atoms with Gasteiger partial charge in [-0.05, 0) is 54.2 Å². The first-order valence-electron chi connectivity index (χ1n) is 9.33. The zero-order chi connectivity index (χ0) is 22.7.